The maximum atomic E-state index is 13.6. The summed E-state index contributed by atoms with van der Waals surface area (Å²) >= 11 is 0. The zero-order chi connectivity index (χ0) is 19.1. The fraction of sp³-hybridized carbons (Fsp3) is 0.167. The number of hydrogen-bond acceptors (Lipinski definition) is 4. The van der Waals surface area contributed by atoms with Gasteiger partial charge in [-0.3, -0.25) is 9.59 Å². The molecule has 0 radical (unpaired) electrons. The second kappa shape index (κ2) is 8.70. The lowest BCUT2D eigenvalue weighted by atomic mass is 10.1. The van der Waals surface area contributed by atoms with E-state index in [0.29, 0.717) is 5.56 Å². The molecule has 8 heteroatoms. The van der Waals surface area contributed by atoms with Crippen LogP contribution in [0, 0.1) is 11.6 Å². The minimum absolute atomic E-state index is 0.0571. The van der Waals surface area contributed by atoms with E-state index in [1.165, 1.54) is 0 Å². The second-order valence-corrected chi connectivity index (χ2v) is 5.32. The molecule has 0 aliphatic rings. The lowest BCUT2D eigenvalue weighted by Crippen LogP contribution is -2.42. The number of ether oxygens (including phenoxy) is 1. The van der Waals surface area contributed by atoms with Crippen molar-refractivity contribution in [3.05, 3.63) is 71.3 Å². The van der Waals surface area contributed by atoms with Gasteiger partial charge in [0.2, 0.25) is 0 Å². The van der Waals surface area contributed by atoms with Crippen molar-refractivity contribution in [2.24, 2.45) is 0 Å². The molecule has 0 fully saturated rings. The Hall–Kier alpha value is -3.29. The van der Waals surface area contributed by atoms with Crippen molar-refractivity contribution >= 4 is 17.8 Å². The summed E-state index contributed by atoms with van der Waals surface area (Å²) in [7, 11) is 0. The first-order valence-electron chi connectivity index (χ1n) is 7.55. The minimum Gasteiger partial charge on any atom is -0.480 e. The van der Waals surface area contributed by atoms with Gasteiger partial charge in [0.05, 0.1) is 12.0 Å². The molecule has 1 amide bonds. The number of carbonyl (C=O) groups is 3. The number of benzene rings is 2. The minimum atomic E-state index is -1.64. The number of rotatable bonds is 7. The number of esters is 1. The Balaban J connectivity index is 1.97. The Bertz CT molecular complexity index is 810. The Morgan fingerprint density at radius 2 is 1.73 bits per heavy atom. The molecule has 0 saturated heterocycles. The quantitative estimate of drug-likeness (QED) is 0.737. The van der Waals surface area contributed by atoms with Crippen LogP contribution < -0.4 is 5.32 Å². The topological polar surface area (TPSA) is 92.7 Å². The van der Waals surface area contributed by atoms with E-state index in [-0.39, 0.29) is 6.61 Å². The number of carboxylic acids is 1. The molecular weight excluding hydrogens is 348 g/mol. The zero-order valence-electron chi connectivity index (χ0n) is 13.4. The molecule has 136 valence electrons. The molecular formula is C18H15F2NO5. The number of carbonyl (C=O) groups excluding carboxylic acids is 2. The molecule has 2 aromatic rings. The van der Waals surface area contributed by atoms with Crippen molar-refractivity contribution in [1.82, 2.24) is 5.32 Å². The number of amides is 1. The predicted molar refractivity (Wildman–Crippen MR) is 86.1 cm³/mol. The van der Waals surface area contributed by atoms with E-state index in [1.807, 2.05) is 5.32 Å². The van der Waals surface area contributed by atoms with Crippen molar-refractivity contribution in [3.63, 3.8) is 0 Å². The number of nitrogens with one attached hydrogen (secondary N) is 1. The van der Waals surface area contributed by atoms with Gasteiger partial charge in [-0.2, -0.15) is 0 Å². The van der Waals surface area contributed by atoms with Crippen molar-refractivity contribution in [2.45, 2.75) is 19.1 Å². The van der Waals surface area contributed by atoms with Crippen LogP contribution in [0.2, 0.25) is 0 Å². The second-order valence-electron chi connectivity index (χ2n) is 5.32. The molecule has 1 atom stereocenters. The first-order chi connectivity index (χ1) is 12.4. The summed E-state index contributed by atoms with van der Waals surface area (Å²) in [5.74, 6) is -6.16. The van der Waals surface area contributed by atoms with Crippen molar-refractivity contribution < 1.29 is 33.0 Å². The normalized spacial score (nSPS) is 11.5. The molecule has 2 rings (SSSR count). The highest BCUT2D eigenvalue weighted by atomic mass is 19.2. The van der Waals surface area contributed by atoms with E-state index in [1.54, 1.807) is 30.3 Å². The highest BCUT2D eigenvalue weighted by Gasteiger charge is 2.26. The fourth-order valence-electron chi connectivity index (χ4n) is 2.08. The van der Waals surface area contributed by atoms with Gasteiger partial charge in [0.15, 0.2) is 11.6 Å². The number of halogens is 2. The van der Waals surface area contributed by atoms with Gasteiger partial charge in [0, 0.05) is 0 Å². The number of hydrogen-bond donors (Lipinski definition) is 2. The van der Waals surface area contributed by atoms with Gasteiger partial charge in [-0.1, -0.05) is 36.4 Å². The average molecular weight is 363 g/mol. The molecule has 0 saturated carbocycles. The smallest absolute Gasteiger partial charge is 0.326 e. The maximum Gasteiger partial charge on any atom is 0.326 e. The third-order valence-electron chi connectivity index (χ3n) is 3.41. The van der Waals surface area contributed by atoms with Crippen molar-refractivity contribution in [1.29, 1.82) is 0 Å². The summed E-state index contributed by atoms with van der Waals surface area (Å²) in [5, 5.41) is 11.1. The van der Waals surface area contributed by atoms with Crippen LogP contribution in [0.4, 0.5) is 8.78 Å². The predicted octanol–water partition coefficient (Wildman–Crippen LogP) is 2.28. The van der Waals surface area contributed by atoms with E-state index in [2.05, 4.69) is 0 Å². The maximum absolute atomic E-state index is 13.6. The van der Waals surface area contributed by atoms with Crippen molar-refractivity contribution in [3.8, 4) is 0 Å². The zero-order valence-corrected chi connectivity index (χ0v) is 13.4. The van der Waals surface area contributed by atoms with Crippen LogP contribution in [0.3, 0.4) is 0 Å². The van der Waals surface area contributed by atoms with E-state index in [9.17, 15) is 23.2 Å². The van der Waals surface area contributed by atoms with Crippen LogP contribution in [0.15, 0.2) is 48.5 Å². The Morgan fingerprint density at radius 1 is 1.04 bits per heavy atom. The van der Waals surface area contributed by atoms with Crippen LogP contribution in [-0.2, 0) is 20.9 Å². The molecule has 0 spiro atoms. The highest BCUT2D eigenvalue weighted by molar-refractivity contribution is 5.97. The van der Waals surface area contributed by atoms with Gasteiger partial charge in [0.1, 0.15) is 12.6 Å². The monoisotopic (exact) mass is 363 g/mol. The van der Waals surface area contributed by atoms with Gasteiger partial charge in [-0.05, 0) is 17.7 Å². The molecule has 26 heavy (non-hydrogen) atoms. The van der Waals surface area contributed by atoms with Crippen LogP contribution >= 0.6 is 0 Å². The van der Waals surface area contributed by atoms with Gasteiger partial charge in [0.25, 0.3) is 5.91 Å². The van der Waals surface area contributed by atoms with Gasteiger partial charge in [-0.25, -0.2) is 13.6 Å². The first kappa shape index (κ1) is 19.0. The molecule has 0 bridgehead atoms. The summed E-state index contributed by atoms with van der Waals surface area (Å²) in [4.78, 5) is 35.0. The molecule has 0 unspecified atom stereocenters. The SMILES string of the molecule is O=C(C[C@@H](NC(=O)c1cccc(F)c1F)C(=O)O)OCc1ccccc1. The average Bonchev–Trinajstić information content (AvgIpc) is 2.62. The van der Waals surface area contributed by atoms with Crippen LogP contribution in [0.1, 0.15) is 22.3 Å². The highest BCUT2D eigenvalue weighted by Crippen LogP contribution is 2.12. The Kier molecular flexibility index (Phi) is 6.37. The van der Waals surface area contributed by atoms with E-state index in [4.69, 9.17) is 9.84 Å². The number of aliphatic carboxylic acids is 1. The molecule has 0 heterocycles. The summed E-state index contributed by atoms with van der Waals surface area (Å²) in [6, 6.07) is 10.0. The fourth-order valence-corrected chi connectivity index (χ4v) is 2.08. The molecule has 0 aromatic heterocycles. The molecule has 0 aliphatic heterocycles. The molecule has 2 N–H and O–H groups in total. The van der Waals surface area contributed by atoms with Crippen LogP contribution in [0.25, 0.3) is 0 Å². The van der Waals surface area contributed by atoms with Crippen LogP contribution in [0.5, 0.6) is 0 Å². The van der Waals surface area contributed by atoms with Gasteiger partial charge in [-0.15, -0.1) is 0 Å². The summed E-state index contributed by atoms with van der Waals surface area (Å²) < 4.78 is 31.7. The van der Waals surface area contributed by atoms with Crippen molar-refractivity contribution in [2.75, 3.05) is 0 Å². The van der Waals surface area contributed by atoms with Gasteiger partial charge >= 0.3 is 11.9 Å². The summed E-state index contributed by atoms with van der Waals surface area (Å²) in [5.41, 5.74) is 0.0486. The molecule has 2 aromatic carbocycles. The van der Waals surface area contributed by atoms with E-state index < -0.39 is 47.5 Å². The van der Waals surface area contributed by atoms with E-state index in [0.717, 1.165) is 18.2 Å². The largest absolute Gasteiger partial charge is 0.480 e. The number of carboxylic acid groups (broad SMARTS) is 1. The summed E-state index contributed by atoms with van der Waals surface area (Å²) in [6.07, 6.45) is -0.662. The lowest BCUT2D eigenvalue weighted by Gasteiger charge is -2.14. The third-order valence-corrected chi connectivity index (χ3v) is 3.41. The van der Waals surface area contributed by atoms with Crippen LogP contribution in [-0.4, -0.2) is 29.0 Å². The third kappa shape index (κ3) is 5.10. The Labute approximate surface area is 147 Å². The molecule has 0 aliphatic carbocycles. The van der Waals surface area contributed by atoms with Gasteiger partial charge < -0.3 is 15.2 Å². The Morgan fingerprint density at radius 3 is 2.38 bits per heavy atom. The lowest BCUT2D eigenvalue weighted by molar-refractivity contribution is -0.150. The molecule has 6 nitrogen and oxygen atoms in total. The van der Waals surface area contributed by atoms with E-state index >= 15 is 0 Å². The summed E-state index contributed by atoms with van der Waals surface area (Å²) in [6.45, 7) is -0.0571. The standard InChI is InChI=1S/C18H15F2NO5/c19-13-8-4-7-12(16(13)20)17(23)21-14(18(24)25)9-15(22)26-10-11-5-2-1-3-6-11/h1-8,14H,9-10H2,(H,21,23)(H,24,25)/t14-/m1/s1. The first-order valence-corrected chi connectivity index (χ1v) is 7.55.